The Hall–Kier alpha value is -2.81. The number of carbonyl (C=O) groups excluding carboxylic acids is 2. The maximum atomic E-state index is 13.0. The van der Waals surface area contributed by atoms with Crippen molar-refractivity contribution in [2.75, 3.05) is 25.3 Å². The molecular weight excluding hydrogens is 392 g/mol. The molecule has 0 saturated carbocycles. The minimum Gasteiger partial charge on any atom is -0.497 e. The minimum atomic E-state index is -0.368. The van der Waals surface area contributed by atoms with E-state index in [-0.39, 0.29) is 29.5 Å². The van der Waals surface area contributed by atoms with Gasteiger partial charge in [-0.05, 0) is 30.0 Å². The third kappa shape index (κ3) is 3.74. The highest BCUT2D eigenvalue weighted by Gasteiger charge is 2.38. The summed E-state index contributed by atoms with van der Waals surface area (Å²) < 4.78 is 11.7. The smallest absolute Gasteiger partial charge is 0.316 e. The number of benzene rings is 1. The van der Waals surface area contributed by atoms with Gasteiger partial charge in [-0.2, -0.15) is 4.98 Å². The Morgan fingerprint density at radius 1 is 1.28 bits per heavy atom. The number of ether oxygens (including phenoxy) is 2. The molecule has 2 atom stereocenters. The average Bonchev–Trinajstić information content (AvgIpc) is 3.12. The molecule has 0 unspecified atom stereocenters. The maximum absolute atomic E-state index is 13.0. The number of esters is 1. The van der Waals surface area contributed by atoms with Gasteiger partial charge in [0.1, 0.15) is 11.8 Å². The molecule has 0 amide bonds. The molecule has 1 aromatic heterocycles. The Morgan fingerprint density at radius 3 is 2.72 bits per heavy atom. The van der Waals surface area contributed by atoms with Gasteiger partial charge in [0.2, 0.25) is 11.1 Å². The van der Waals surface area contributed by atoms with E-state index in [2.05, 4.69) is 27.1 Å². The van der Waals surface area contributed by atoms with E-state index in [4.69, 9.17) is 4.74 Å². The number of allylic oxidation sites excluding steroid dienone is 2. The Morgan fingerprint density at radius 2 is 2.03 bits per heavy atom. The first-order valence-electron chi connectivity index (χ1n) is 9.33. The number of nitrogens with one attached hydrogen (secondary N) is 1. The molecule has 1 N–H and O–H groups in total. The molecule has 0 spiro atoms. The first kappa shape index (κ1) is 19.5. The number of anilines is 1. The van der Waals surface area contributed by atoms with Crippen molar-refractivity contribution < 1.29 is 19.1 Å². The van der Waals surface area contributed by atoms with E-state index in [1.54, 1.807) is 11.8 Å². The van der Waals surface area contributed by atoms with Crippen molar-refractivity contribution in [3.8, 4) is 5.75 Å². The highest BCUT2D eigenvalue weighted by Crippen LogP contribution is 2.42. The molecule has 0 radical (unpaired) electrons. The van der Waals surface area contributed by atoms with E-state index in [1.807, 2.05) is 24.3 Å². The number of hydrogen-bond acceptors (Lipinski definition) is 8. The predicted molar refractivity (Wildman–Crippen MR) is 108 cm³/mol. The van der Waals surface area contributed by atoms with Gasteiger partial charge >= 0.3 is 5.97 Å². The molecule has 0 bridgehead atoms. The number of ketones is 1. The molecule has 4 rings (SSSR count). The van der Waals surface area contributed by atoms with Crippen molar-refractivity contribution in [1.29, 1.82) is 0 Å². The quantitative estimate of drug-likeness (QED) is 0.589. The topological polar surface area (TPSA) is 95.3 Å². The van der Waals surface area contributed by atoms with E-state index in [0.717, 1.165) is 29.0 Å². The molecule has 1 aliphatic carbocycles. The van der Waals surface area contributed by atoms with Crippen LogP contribution in [-0.2, 0) is 14.3 Å². The molecule has 1 aromatic carbocycles. The first-order chi connectivity index (χ1) is 14.0. The predicted octanol–water partition coefficient (Wildman–Crippen LogP) is 2.82. The van der Waals surface area contributed by atoms with E-state index in [9.17, 15) is 9.59 Å². The lowest BCUT2D eigenvalue weighted by molar-refractivity contribution is -0.137. The molecule has 9 heteroatoms. The fourth-order valence-electron chi connectivity index (χ4n) is 3.73. The van der Waals surface area contributed by atoms with Gasteiger partial charge in [0.25, 0.3) is 0 Å². The lowest BCUT2D eigenvalue weighted by atomic mass is 9.81. The molecule has 2 aliphatic rings. The minimum absolute atomic E-state index is 0.121. The van der Waals surface area contributed by atoms with Crippen molar-refractivity contribution in [3.63, 3.8) is 0 Å². The Bertz CT molecular complexity index is 983. The third-order valence-corrected chi connectivity index (χ3v) is 5.89. The molecule has 2 heterocycles. The number of fused-ring (bicyclic) bond motifs is 1. The number of Topliss-reactive ketones (excluding diaryl/α,β-unsaturated/α-hetero) is 1. The lowest BCUT2D eigenvalue weighted by Crippen LogP contribution is -2.33. The second-order valence-electron chi connectivity index (χ2n) is 7.16. The first-order valence-corrected chi connectivity index (χ1v) is 10.3. The molecule has 0 fully saturated rings. The van der Waals surface area contributed by atoms with Gasteiger partial charge in [0.05, 0.1) is 20.0 Å². The van der Waals surface area contributed by atoms with Crippen LogP contribution in [0, 0.1) is 5.92 Å². The summed E-state index contributed by atoms with van der Waals surface area (Å²) in [5.41, 5.74) is 2.56. The summed E-state index contributed by atoms with van der Waals surface area (Å²) in [7, 11) is 2.97. The van der Waals surface area contributed by atoms with Crippen LogP contribution in [0.3, 0.4) is 0 Å². The monoisotopic (exact) mass is 414 g/mol. The van der Waals surface area contributed by atoms with Gasteiger partial charge < -0.3 is 14.8 Å². The average molecular weight is 414 g/mol. The third-order valence-electron chi connectivity index (χ3n) is 5.08. The number of methoxy groups -OCH3 is 2. The summed E-state index contributed by atoms with van der Waals surface area (Å²) in [6, 6.07) is 7.26. The zero-order valence-electron chi connectivity index (χ0n) is 16.5. The summed E-state index contributed by atoms with van der Waals surface area (Å²) in [4.78, 5) is 29.0. The molecule has 2 aromatic rings. The molecule has 29 heavy (non-hydrogen) atoms. The van der Waals surface area contributed by atoms with Gasteiger partial charge in [-0.3, -0.25) is 9.59 Å². The van der Waals surface area contributed by atoms with Crippen LogP contribution < -0.4 is 10.1 Å². The fraction of sp³-hybridized carbons (Fsp3) is 0.400. The van der Waals surface area contributed by atoms with Gasteiger partial charge in [-0.15, -0.1) is 5.10 Å². The molecule has 0 saturated heterocycles. The molecule has 1 aliphatic heterocycles. The number of aromatic nitrogens is 3. The zero-order valence-corrected chi connectivity index (χ0v) is 17.3. The van der Waals surface area contributed by atoms with Crippen LogP contribution in [0.25, 0.3) is 0 Å². The van der Waals surface area contributed by atoms with E-state index >= 15 is 0 Å². The van der Waals surface area contributed by atoms with Crippen molar-refractivity contribution >= 4 is 29.5 Å². The second kappa shape index (κ2) is 7.90. The number of thioether (sulfide) groups is 1. The van der Waals surface area contributed by atoms with Crippen LogP contribution in [-0.4, -0.2) is 46.5 Å². The van der Waals surface area contributed by atoms with Gasteiger partial charge in [0, 0.05) is 17.7 Å². The van der Waals surface area contributed by atoms with Crippen molar-refractivity contribution in [2.45, 2.75) is 31.0 Å². The van der Waals surface area contributed by atoms with Gasteiger partial charge in [-0.25, -0.2) is 4.68 Å². The summed E-state index contributed by atoms with van der Waals surface area (Å²) in [6.07, 6.45) is 1.30. The maximum Gasteiger partial charge on any atom is 0.316 e. The number of hydrogen-bond donors (Lipinski definition) is 1. The van der Waals surface area contributed by atoms with Crippen LogP contribution >= 0.6 is 11.8 Å². The lowest BCUT2D eigenvalue weighted by Gasteiger charge is -2.34. The highest BCUT2D eigenvalue weighted by atomic mass is 32.2. The molecule has 152 valence electrons. The zero-order chi connectivity index (χ0) is 20.5. The normalized spacial score (nSPS) is 20.6. The summed E-state index contributed by atoms with van der Waals surface area (Å²) in [5.74, 6) is 1.48. The van der Waals surface area contributed by atoms with Gasteiger partial charge in [-0.1, -0.05) is 30.8 Å². The van der Waals surface area contributed by atoms with Crippen LogP contribution in [0.4, 0.5) is 5.95 Å². The number of carbonyl (C=O) groups is 2. The number of rotatable bonds is 5. The van der Waals surface area contributed by atoms with E-state index in [1.165, 1.54) is 18.9 Å². The van der Waals surface area contributed by atoms with Crippen molar-refractivity contribution in [2.24, 2.45) is 5.92 Å². The summed E-state index contributed by atoms with van der Waals surface area (Å²) in [5, 5.41) is 8.34. The van der Waals surface area contributed by atoms with Crippen molar-refractivity contribution in [3.05, 3.63) is 41.1 Å². The summed E-state index contributed by atoms with van der Waals surface area (Å²) in [6.45, 7) is 2.07. The second-order valence-corrected chi connectivity index (χ2v) is 8.10. The van der Waals surface area contributed by atoms with Crippen LogP contribution in [0.5, 0.6) is 5.75 Å². The molecule has 8 nitrogen and oxygen atoms in total. The SMILES string of the molecule is COC(=O)CSc1nc2n(n1)[C@@H](c1ccc(OC)cc1)C1=C(C[C@@H](C)CC1=O)N2. The summed E-state index contributed by atoms with van der Waals surface area (Å²) >= 11 is 1.20. The number of nitrogens with zero attached hydrogens (tertiary/aromatic N) is 3. The highest BCUT2D eigenvalue weighted by molar-refractivity contribution is 7.99. The Kier molecular flexibility index (Phi) is 5.31. The van der Waals surface area contributed by atoms with Crippen LogP contribution in [0.2, 0.25) is 0 Å². The van der Waals surface area contributed by atoms with Gasteiger partial charge in [0.15, 0.2) is 5.78 Å². The van der Waals surface area contributed by atoms with E-state index in [0.29, 0.717) is 17.5 Å². The largest absolute Gasteiger partial charge is 0.497 e. The van der Waals surface area contributed by atoms with E-state index < -0.39 is 0 Å². The fourth-order valence-corrected chi connectivity index (χ4v) is 4.39. The standard InChI is InChI=1S/C20H22N4O4S/c1-11-8-14-17(15(25)9-11)18(12-4-6-13(27-2)7-5-12)24-19(21-14)22-20(23-24)29-10-16(26)28-3/h4-7,11,18H,8-10H2,1-3H3,(H,21,22,23)/t11-,18+/m1/s1. The Balaban J connectivity index is 1.75. The van der Waals surface area contributed by atoms with Crippen LogP contribution in [0.15, 0.2) is 40.7 Å². The Labute approximate surface area is 172 Å². The van der Waals surface area contributed by atoms with Crippen LogP contribution in [0.1, 0.15) is 31.4 Å². The van der Waals surface area contributed by atoms with Crippen molar-refractivity contribution in [1.82, 2.24) is 14.8 Å². The molecular formula is C20H22N4O4S.